The maximum atomic E-state index is 11.8. The lowest BCUT2D eigenvalue weighted by Crippen LogP contribution is -2.43. The van der Waals surface area contributed by atoms with Crippen molar-refractivity contribution in [2.75, 3.05) is 13.6 Å². The Balaban J connectivity index is 1.69. The van der Waals surface area contributed by atoms with Gasteiger partial charge in [0.2, 0.25) is 0 Å². The van der Waals surface area contributed by atoms with E-state index in [9.17, 15) is 4.79 Å². The molecule has 1 fully saturated rings. The summed E-state index contributed by atoms with van der Waals surface area (Å²) in [5, 5.41) is 9.42. The molecular formula is C11H19N5O. The van der Waals surface area contributed by atoms with Crippen LogP contribution in [0.25, 0.3) is 0 Å². The van der Waals surface area contributed by atoms with Gasteiger partial charge in [0.25, 0.3) is 0 Å². The first-order valence-corrected chi connectivity index (χ1v) is 6.12. The SMILES string of the molecule is CN(C(=O)NCCc1ncn[nH]1)C1CCCC1. The molecule has 94 valence electrons. The topological polar surface area (TPSA) is 73.9 Å². The highest BCUT2D eigenvalue weighted by atomic mass is 16.2. The quantitative estimate of drug-likeness (QED) is 0.818. The largest absolute Gasteiger partial charge is 0.338 e. The lowest BCUT2D eigenvalue weighted by Gasteiger charge is -2.24. The Morgan fingerprint density at radius 2 is 2.35 bits per heavy atom. The molecule has 0 aliphatic heterocycles. The summed E-state index contributed by atoms with van der Waals surface area (Å²) in [6, 6.07) is 0.427. The summed E-state index contributed by atoms with van der Waals surface area (Å²) in [6.45, 7) is 0.588. The molecule has 1 aliphatic rings. The van der Waals surface area contributed by atoms with Crippen LogP contribution in [0.15, 0.2) is 6.33 Å². The Morgan fingerprint density at radius 3 is 3.00 bits per heavy atom. The molecule has 6 nitrogen and oxygen atoms in total. The van der Waals surface area contributed by atoms with Crippen molar-refractivity contribution >= 4 is 6.03 Å². The van der Waals surface area contributed by atoms with Crippen molar-refractivity contribution in [1.82, 2.24) is 25.4 Å². The zero-order valence-electron chi connectivity index (χ0n) is 10.1. The lowest BCUT2D eigenvalue weighted by molar-refractivity contribution is 0.191. The Morgan fingerprint density at radius 1 is 1.59 bits per heavy atom. The second-order valence-electron chi connectivity index (χ2n) is 4.46. The molecule has 1 aromatic heterocycles. The second kappa shape index (κ2) is 5.65. The van der Waals surface area contributed by atoms with Gasteiger partial charge in [-0.05, 0) is 12.8 Å². The molecule has 0 saturated heterocycles. The average Bonchev–Trinajstić information content (AvgIpc) is 3.00. The summed E-state index contributed by atoms with van der Waals surface area (Å²) in [7, 11) is 1.87. The fraction of sp³-hybridized carbons (Fsp3) is 0.727. The number of nitrogens with one attached hydrogen (secondary N) is 2. The van der Waals surface area contributed by atoms with Gasteiger partial charge in [-0.1, -0.05) is 12.8 Å². The Hall–Kier alpha value is -1.59. The predicted molar refractivity (Wildman–Crippen MR) is 63.5 cm³/mol. The van der Waals surface area contributed by atoms with E-state index < -0.39 is 0 Å². The Kier molecular flexibility index (Phi) is 3.95. The molecule has 1 aromatic rings. The van der Waals surface area contributed by atoms with E-state index in [1.54, 1.807) is 0 Å². The molecule has 0 aromatic carbocycles. The van der Waals surface area contributed by atoms with E-state index in [1.165, 1.54) is 19.2 Å². The van der Waals surface area contributed by atoms with Gasteiger partial charge in [0.1, 0.15) is 12.2 Å². The van der Waals surface area contributed by atoms with Crippen LogP contribution in [0.4, 0.5) is 4.79 Å². The van der Waals surface area contributed by atoms with Gasteiger partial charge in [0.05, 0.1) is 0 Å². The predicted octanol–water partition coefficient (Wildman–Crippen LogP) is 0.931. The fourth-order valence-corrected chi connectivity index (χ4v) is 2.22. The van der Waals surface area contributed by atoms with Gasteiger partial charge in [-0.2, -0.15) is 5.10 Å². The molecule has 6 heteroatoms. The number of rotatable bonds is 4. The molecule has 2 N–H and O–H groups in total. The third-order valence-corrected chi connectivity index (χ3v) is 3.30. The van der Waals surface area contributed by atoms with Gasteiger partial charge in [0, 0.05) is 26.1 Å². The molecule has 0 radical (unpaired) electrons. The van der Waals surface area contributed by atoms with Crippen LogP contribution in [-0.2, 0) is 6.42 Å². The van der Waals surface area contributed by atoms with Crippen LogP contribution in [-0.4, -0.2) is 45.7 Å². The maximum Gasteiger partial charge on any atom is 0.317 e. The van der Waals surface area contributed by atoms with E-state index in [0.29, 0.717) is 19.0 Å². The van der Waals surface area contributed by atoms with E-state index in [0.717, 1.165) is 18.7 Å². The second-order valence-corrected chi connectivity index (χ2v) is 4.46. The van der Waals surface area contributed by atoms with Crippen molar-refractivity contribution in [2.45, 2.75) is 38.1 Å². The van der Waals surface area contributed by atoms with Crippen LogP contribution < -0.4 is 5.32 Å². The maximum absolute atomic E-state index is 11.8. The van der Waals surface area contributed by atoms with Gasteiger partial charge in [-0.25, -0.2) is 9.78 Å². The molecule has 0 bridgehead atoms. The number of nitrogens with zero attached hydrogens (tertiary/aromatic N) is 3. The van der Waals surface area contributed by atoms with Crippen LogP contribution in [0.5, 0.6) is 0 Å². The number of H-pyrrole nitrogens is 1. The molecular weight excluding hydrogens is 218 g/mol. The molecule has 0 atom stereocenters. The van der Waals surface area contributed by atoms with E-state index in [2.05, 4.69) is 20.5 Å². The molecule has 17 heavy (non-hydrogen) atoms. The summed E-state index contributed by atoms with van der Waals surface area (Å²) in [4.78, 5) is 17.7. The van der Waals surface area contributed by atoms with Crippen LogP contribution in [0.1, 0.15) is 31.5 Å². The minimum Gasteiger partial charge on any atom is -0.338 e. The van der Waals surface area contributed by atoms with Gasteiger partial charge in [-0.15, -0.1) is 0 Å². The number of urea groups is 1. The summed E-state index contributed by atoms with van der Waals surface area (Å²) in [5.74, 6) is 0.800. The Bertz CT molecular complexity index is 345. The number of hydrogen-bond donors (Lipinski definition) is 2. The van der Waals surface area contributed by atoms with Gasteiger partial charge in [0.15, 0.2) is 0 Å². The summed E-state index contributed by atoms with van der Waals surface area (Å²) < 4.78 is 0. The van der Waals surface area contributed by atoms with Crippen molar-refractivity contribution in [1.29, 1.82) is 0 Å². The van der Waals surface area contributed by atoms with E-state index >= 15 is 0 Å². The number of carbonyl (C=O) groups is 1. The molecule has 2 amide bonds. The highest BCUT2D eigenvalue weighted by molar-refractivity contribution is 5.74. The van der Waals surface area contributed by atoms with Crippen molar-refractivity contribution < 1.29 is 4.79 Å². The van der Waals surface area contributed by atoms with Gasteiger partial charge >= 0.3 is 6.03 Å². The number of amides is 2. The van der Waals surface area contributed by atoms with E-state index in [-0.39, 0.29) is 6.03 Å². The number of aromatic nitrogens is 3. The molecule has 2 rings (SSSR count). The van der Waals surface area contributed by atoms with Gasteiger partial charge < -0.3 is 10.2 Å². The normalized spacial score (nSPS) is 16.1. The summed E-state index contributed by atoms with van der Waals surface area (Å²) in [5.41, 5.74) is 0. The Labute approximate surface area is 101 Å². The highest BCUT2D eigenvalue weighted by Gasteiger charge is 2.22. The number of hydrogen-bond acceptors (Lipinski definition) is 3. The van der Waals surface area contributed by atoms with Crippen molar-refractivity contribution in [2.24, 2.45) is 0 Å². The van der Waals surface area contributed by atoms with E-state index in [4.69, 9.17) is 0 Å². The third kappa shape index (κ3) is 3.18. The zero-order valence-corrected chi connectivity index (χ0v) is 10.1. The molecule has 1 saturated carbocycles. The van der Waals surface area contributed by atoms with Crippen molar-refractivity contribution in [3.05, 3.63) is 12.2 Å². The standard InChI is InChI=1S/C11H19N5O/c1-16(9-4-2-3-5-9)11(17)12-7-6-10-13-8-14-15-10/h8-9H,2-7H2,1H3,(H,12,17)(H,13,14,15). The highest BCUT2D eigenvalue weighted by Crippen LogP contribution is 2.22. The summed E-state index contributed by atoms with van der Waals surface area (Å²) in [6.07, 6.45) is 6.89. The minimum atomic E-state index is 0.0106. The third-order valence-electron chi connectivity index (χ3n) is 3.30. The van der Waals surface area contributed by atoms with Crippen LogP contribution in [0.2, 0.25) is 0 Å². The van der Waals surface area contributed by atoms with Crippen LogP contribution in [0.3, 0.4) is 0 Å². The molecule has 0 unspecified atom stereocenters. The zero-order chi connectivity index (χ0) is 12.1. The molecule has 1 aliphatic carbocycles. The van der Waals surface area contributed by atoms with Crippen molar-refractivity contribution in [3.63, 3.8) is 0 Å². The monoisotopic (exact) mass is 237 g/mol. The average molecular weight is 237 g/mol. The van der Waals surface area contributed by atoms with Crippen molar-refractivity contribution in [3.8, 4) is 0 Å². The number of aromatic amines is 1. The fourth-order valence-electron chi connectivity index (χ4n) is 2.22. The first kappa shape index (κ1) is 11.9. The smallest absolute Gasteiger partial charge is 0.317 e. The first-order valence-electron chi connectivity index (χ1n) is 6.12. The summed E-state index contributed by atoms with van der Waals surface area (Å²) >= 11 is 0. The van der Waals surface area contributed by atoms with Gasteiger partial charge in [-0.3, -0.25) is 5.10 Å². The van der Waals surface area contributed by atoms with E-state index in [1.807, 2.05) is 11.9 Å². The molecule has 1 heterocycles. The van der Waals surface area contributed by atoms with Crippen LogP contribution in [0, 0.1) is 0 Å². The number of carbonyl (C=O) groups excluding carboxylic acids is 1. The first-order chi connectivity index (χ1) is 8.27. The molecule has 0 spiro atoms. The minimum absolute atomic E-state index is 0.0106. The van der Waals surface area contributed by atoms with Crippen LogP contribution >= 0.6 is 0 Å². The lowest BCUT2D eigenvalue weighted by atomic mass is 10.2.